The van der Waals surface area contributed by atoms with Crippen molar-refractivity contribution in [2.45, 2.75) is 57.8 Å². The largest absolute Gasteiger partial charge is 0.351 e. The van der Waals surface area contributed by atoms with Gasteiger partial charge in [-0.3, -0.25) is 9.59 Å². The van der Waals surface area contributed by atoms with Crippen molar-refractivity contribution in [1.29, 1.82) is 0 Å². The van der Waals surface area contributed by atoms with Gasteiger partial charge in [0.2, 0.25) is 11.8 Å². The Bertz CT molecular complexity index is 423. The Kier molecular flexibility index (Phi) is 2.85. The molecule has 19 heavy (non-hydrogen) atoms. The molecule has 3 atom stereocenters. The summed E-state index contributed by atoms with van der Waals surface area (Å²) in [5, 5.41) is 0. The zero-order valence-corrected chi connectivity index (χ0v) is 11.9. The molecule has 3 saturated heterocycles. The second kappa shape index (κ2) is 4.20. The fourth-order valence-corrected chi connectivity index (χ4v) is 3.87. The molecule has 5 nitrogen and oxygen atoms in total. The first-order valence-corrected chi connectivity index (χ1v) is 7.27. The van der Waals surface area contributed by atoms with Crippen LogP contribution in [0.1, 0.15) is 40.0 Å². The molecule has 0 bridgehead atoms. The van der Waals surface area contributed by atoms with Crippen LogP contribution in [0.5, 0.6) is 0 Å². The molecule has 0 N–H and O–H groups in total. The lowest BCUT2D eigenvalue weighted by Gasteiger charge is -2.34. The van der Waals surface area contributed by atoms with Gasteiger partial charge < -0.3 is 14.5 Å². The van der Waals surface area contributed by atoms with Crippen molar-refractivity contribution >= 4 is 11.8 Å². The van der Waals surface area contributed by atoms with E-state index in [0.29, 0.717) is 31.9 Å². The van der Waals surface area contributed by atoms with E-state index in [1.54, 1.807) is 0 Å². The number of ether oxygens (including phenoxy) is 1. The quantitative estimate of drug-likeness (QED) is 0.748. The van der Waals surface area contributed by atoms with Crippen LogP contribution in [0.15, 0.2) is 0 Å². The van der Waals surface area contributed by atoms with Gasteiger partial charge in [-0.2, -0.15) is 0 Å². The molecule has 3 heterocycles. The number of hydrogen-bond acceptors (Lipinski definition) is 3. The van der Waals surface area contributed by atoms with Crippen LogP contribution in [0.4, 0.5) is 0 Å². The summed E-state index contributed by atoms with van der Waals surface area (Å²) in [5.74, 6) is 0.668. The number of amides is 2. The van der Waals surface area contributed by atoms with Crippen LogP contribution in [0.3, 0.4) is 0 Å². The summed E-state index contributed by atoms with van der Waals surface area (Å²) in [6, 6.07) is 0.0883. The average Bonchev–Trinajstić information content (AvgIpc) is 2.98. The molecule has 1 spiro atoms. The van der Waals surface area contributed by atoms with Gasteiger partial charge >= 0.3 is 0 Å². The predicted molar refractivity (Wildman–Crippen MR) is 69.2 cm³/mol. The monoisotopic (exact) mass is 266 g/mol. The second-order valence-corrected chi connectivity index (χ2v) is 6.14. The highest BCUT2D eigenvalue weighted by Crippen LogP contribution is 2.48. The third-order valence-electron chi connectivity index (χ3n) is 4.88. The molecule has 2 amide bonds. The lowest BCUT2D eigenvalue weighted by Crippen LogP contribution is -2.51. The molecule has 0 aromatic rings. The van der Waals surface area contributed by atoms with Gasteiger partial charge in [0.1, 0.15) is 0 Å². The number of likely N-dealkylation sites (tertiary alicyclic amines) is 1. The van der Waals surface area contributed by atoms with E-state index in [4.69, 9.17) is 4.74 Å². The van der Waals surface area contributed by atoms with Gasteiger partial charge in [-0.25, -0.2) is 0 Å². The number of carbonyl (C=O) groups is 2. The van der Waals surface area contributed by atoms with E-state index in [0.717, 1.165) is 6.42 Å². The third-order valence-corrected chi connectivity index (χ3v) is 4.88. The molecule has 0 unspecified atom stereocenters. The molecule has 3 rings (SSSR count). The fourth-order valence-electron chi connectivity index (χ4n) is 3.87. The Morgan fingerprint density at radius 2 is 2.26 bits per heavy atom. The lowest BCUT2D eigenvalue weighted by atomic mass is 10.0. The van der Waals surface area contributed by atoms with Gasteiger partial charge in [0.05, 0.1) is 25.1 Å². The first-order chi connectivity index (χ1) is 9.01. The van der Waals surface area contributed by atoms with Crippen molar-refractivity contribution in [3.63, 3.8) is 0 Å². The Labute approximate surface area is 113 Å². The minimum absolute atomic E-state index is 0.0730. The average molecular weight is 266 g/mol. The highest BCUT2D eigenvalue weighted by atomic mass is 16.5. The zero-order chi connectivity index (χ0) is 13.8. The van der Waals surface area contributed by atoms with Crippen molar-refractivity contribution in [2.75, 3.05) is 13.2 Å². The van der Waals surface area contributed by atoms with E-state index in [1.807, 2.05) is 16.7 Å². The molecule has 3 fully saturated rings. The maximum absolute atomic E-state index is 12.3. The standard InChI is InChI=1S/C14H22N2O3/c1-4-12(17)15-6-5-14-11(15)7-13(18)16(14)10(8-19-14)9(2)3/h9-11H,4-8H2,1-3H3/t10-,11+,14-/m0/s1. The summed E-state index contributed by atoms with van der Waals surface area (Å²) in [6.45, 7) is 7.43. The Morgan fingerprint density at radius 3 is 2.89 bits per heavy atom. The van der Waals surface area contributed by atoms with Gasteiger partial charge in [-0.1, -0.05) is 20.8 Å². The SMILES string of the molecule is CCC(=O)N1CC[C@@]23OC[C@@H](C(C)C)N2C(=O)C[C@@H]13. The maximum atomic E-state index is 12.3. The van der Waals surface area contributed by atoms with E-state index < -0.39 is 5.72 Å². The highest BCUT2D eigenvalue weighted by Gasteiger charge is 2.65. The van der Waals surface area contributed by atoms with Crippen LogP contribution in [0.2, 0.25) is 0 Å². The predicted octanol–water partition coefficient (Wildman–Crippen LogP) is 0.981. The van der Waals surface area contributed by atoms with E-state index in [1.165, 1.54) is 0 Å². The van der Waals surface area contributed by atoms with Crippen molar-refractivity contribution in [3.8, 4) is 0 Å². The molecular weight excluding hydrogens is 244 g/mol. The fraction of sp³-hybridized carbons (Fsp3) is 0.857. The minimum Gasteiger partial charge on any atom is -0.351 e. The second-order valence-electron chi connectivity index (χ2n) is 6.14. The molecule has 0 aromatic heterocycles. The van der Waals surface area contributed by atoms with Gasteiger partial charge in [0.15, 0.2) is 5.72 Å². The van der Waals surface area contributed by atoms with Gasteiger partial charge in [-0.05, 0) is 5.92 Å². The Hall–Kier alpha value is -1.10. The zero-order valence-electron chi connectivity index (χ0n) is 11.9. The van der Waals surface area contributed by atoms with Crippen LogP contribution in [0, 0.1) is 5.92 Å². The number of rotatable bonds is 2. The first kappa shape index (κ1) is 12.9. The molecule has 3 aliphatic rings. The summed E-state index contributed by atoms with van der Waals surface area (Å²) in [7, 11) is 0. The van der Waals surface area contributed by atoms with Gasteiger partial charge in [0, 0.05) is 19.4 Å². The smallest absolute Gasteiger partial charge is 0.227 e. The van der Waals surface area contributed by atoms with E-state index in [2.05, 4.69) is 13.8 Å². The maximum Gasteiger partial charge on any atom is 0.227 e. The molecule has 3 aliphatic heterocycles. The normalized spacial score (nSPS) is 37.2. The summed E-state index contributed by atoms with van der Waals surface area (Å²) in [6.07, 6.45) is 1.68. The molecule has 5 heteroatoms. The molecule has 0 radical (unpaired) electrons. The summed E-state index contributed by atoms with van der Waals surface area (Å²) >= 11 is 0. The molecule has 0 aromatic carbocycles. The van der Waals surface area contributed by atoms with Gasteiger partial charge in [0.25, 0.3) is 0 Å². The lowest BCUT2D eigenvalue weighted by molar-refractivity contribution is -0.141. The van der Waals surface area contributed by atoms with Crippen molar-refractivity contribution in [3.05, 3.63) is 0 Å². The molecule has 0 saturated carbocycles. The molecular formula is C14H22N2O3. The number of carbonyl (C=O) groups excluding carboxylic acids is 2. The van der Waals surface area contributed by atoms with Crippen molar-refractivity contribution < 1.29 is 14.3 Å². The van der Waals surface area contributed by atoms with Crippen LogP contribution in [-0.4, -0.2) is 52.6 Å². The molecule has 106 valence electrons. The van der Waals surface area contributed by atoms with Crippen LogP contribution >= 0.6 is 0 Å². The van der Waals surface area contributed by atoms with E-state index >= 15 is 0 Å². The summed E-state index contributed by atoms with van der Waals surface area (Å²) in [5.41, 5.74) is -0.517. The van der Waals surface area contributed by atoms with Gasteiger partial charge in [-0.15, -0.1) is 0 Å². The van der Waals surface area contributed by atoms with Crippen LogP contribution in [-0.2, 0) is 14.3 Å². The van der Waals surface area contributed by atoms with Crippen molar-refractivity contribution in [1.82, 2.24) is 9.80 Å². The summed E-state index contributed by atoms with van der Waals surface area (Å²) < 4.78 is 6.07. The third kappa shape index (κ3) is 1.57. The molecule has 0 aliphatic carbocycles. The number of hydrogen-bond donors (Lipinski definition) is 0. The Morgan fingerprint density at radius 1 is 1.53 bits per heavy atom. The number of nitrogens with zero attached hydrogens (tertiary/aromatic N) is 2. The van der Waals surface area contributed by atoms with Crippen molar-refractivity contribution in [2.24, 2.45) is 5.92 Å². The minimum atomic E-state index is -0.517. The van der Waals surface area contributed by atoms with E-state index in [9.17, 15) is 9.59 Å². The topological polar surface area (TPSA) is 49.9 Å². The Balaban J connectivity index is 1.92. The van der Waals surface area contributed by atoms with E-state index in [-0.39, 0.29) is 23.9 Å². The van der Waals surface area contributed by atoms with Crippen LogP contribution in [0.25, 0.3) is 0 Å². The summed E-state index contributed by atoms with van der Waals surface area (Å²) in [4.78, 5) is 28.2. The first-order valence-electron chi connectivity index (χ1n) is 7.27. The van der Waals surface area contributed by atoms with Crippen LogP contribution < -0.4 is 0 Å². The highest BCUT2D eigenvalue weighted by molar-refractivity contribution is 5.85.